The number of hydrogen-bond acceptors (Lipinski definition) is 4. The highest BCUT2D eigenvalue weighted by atomic mass is 19.4. The largest absolute Gasteiger partial charge is 0.416 e. The van der Waals surface area contributed by atoms with Gasteiger partial charge in [0.2, 0.25) is 0 Å². The van der Waals surface area contributed by atoms with Crippen molar-refractivity contribution in [1.29, 1.82) is 0 Å². The van der Waals surface area contributed by atoms with Gasteiger partial charge < -0.3 is 15.1 Å². The highest BCUT2D eigenvalue weighted by Crippen LogP contribution is 2.50. The Morgan fingerprint density at radius 1 is 0.976 bits per heavy atom. The predicted octanol–water partition coefficient (Wildman–Crippen LogP) is 5.85. The van der Waals surface area contributed by atoms with Crippen molar-refractivity contribution >= 4 is 17.6 Å². The van der Waals surface area contributed by atoms with Gasteiger partial charge in [-0.05, 0) is 68.0 Å². The Balaban J connectivity index is 1.11. The number of aromatic nitrogens is 3. The number of urea groups is 1. The Labute approximate surface area is 236 Å². The summed E-state index contributed by atoms with van der Waals surface area (Å²) in [5.41, 5.74) is 2.31. The van der Waals surface area contributed by atoms with E-state index >= 15 is 0 Å². The van der Waals surface area contributed by atoms with Crippen LogP contribution in [0.1, 0.15) is 78.2 Å². The Bertz CT molecular complexity index is 1410. The highest BCUT2D eigenvalue weighted by Gasteiger charge is 2.47. The Morgan fingerprint density at radius 2 is 1.68 bits per heavy atom. The first kappa shape index (κ1) is 27.3. The molecule has 6 rings (SSSR count). The standard InChI is InChI=1S/C30H33F3N6O2/c1-29(11-12-29)26-25(27(40)38-14-8-21(19-38)20-3-2-13-34-17-20)18-35-39(26)24-9-15-37(16-10-24)28(41)36-23-6-4-22(5-7-23)30(31,32)33/h2-7,13,17-18,21,24H,8-12,14-16,19H2,1H3,(H,36,41). The molecule has 1 unspecified atom stereocenters. The molecule has 1 aromatic carbocycles. The summed E-state index contributed by atoms with van der Waals surface area (Å²) in [5, 5.41) is 7.43. The number of hydrogen-bond donors (Lipinski definition) is 1. The van der Waals surface area contributed by atoms with Crippen LogP contribution in [0.2, 0.25) is 0 Å². The van der Waals surface area contributed by atoms with Gasteiger partial charge in [0.25, 0.3) is 5.91 Å². The Kier molecular flexibility index (Phi) is 6.99. The molecule has 3 amide bonds. The summed E-state index contributed by atoms with van der Waals surface area (Å²) in [4.78, 5) is 34.4. The van der Waals surface area contributed by atoms with E-state index in [0.717, 1.165) is 42.7 Å². The number of benzene rings is 1. The molecule has 0 radical (unpaired) electrons. The predicted molar refractivity (Wildman–Crippen MR) is 147 cm³/mol. The number of amides is 3. The van der Waals surface area contributed by atoms with E-state index in [1.165, 1.54) is 12.1 Å². The molecule has 1 aliphatic carbocycles. The zero-order valence-electron chi connectivity index (χ0n) is 22.9. The average molecular weight is 567 g/mol. The van der Waals surface area contributed by atoms with Gasteiger partial charge in [0, 0.05) is 55.6 Å². The number of pyridine rings is 1. The van der Waals surface area contributed by atoms with Crippen LogP contribution in [-0.4, -0.2) is 62.7 Å². The van der Waals surface area contributed by atoms with Gasteiger partial charge in [-0.25, -0.2) is 4.79 Å². The van der Waals surface area contributed by atoms with Crippen LogP contribution in [0.15, 0.2) is 55.0 Å². The lowest BCUT2D eigenvalue weighted by atomic mass is 9.97. The van der Waals surface area contributed by atoms with Crippen molar-refractivity contribution in [2.24, 2.45) is 0 Å². The van der Waals surface area contributed by atoms with Gasteiger partial charge in [-0.1, -0.05) is 13.0 Å². The molecule has 1 atom stereocenters. The number of carbonyl (C=O) groups excluding carboxylic acids is 2. The molecular formula is C30H33F3N6O2. The van der Waals surface area contributed by atoms with Crippen molar-refractivity contribution in [2.75, 3.05) is 31.5 Å². The van der Waals surface area contributed by atoms with Crippen molar-refractivity contribution in [3.05, 3.63) is 77.4 Å². The molecule has 8 nitrogen and oxygen atoms in total. The number of nitrogens with one attached hydrogen (secondary N) is 1. The second kappa shape index (κ2) is 10.5. The summed E-state index contributed by atoms with van der Waals surface area (Å²) in [5.74, 6) is 0.305. The second-order valence-corrected chi connectivity index (χ2v) is 11.7. The number of rotatable bonds is 5. The fraction of sp³-hybridized carbons (Fsp3) is 0.467. The molecule has 3 fully saturated rings. The molecule has 216 valence electrons. The van der Waals surface area contributed by atoms with Crippen molar-refractivity contribution in [3.8, 4) is 0 Å². The molecule has 11 heteroatoms. The molecule has 2 aliphatic heterocycles. The first-order chi connectivity index (χ1) is 19.6. The van der Waals surface area contributed by atoms with E-state index in [0.29, 0.717) is 50.3 Å². The fourth-order valence-electron chi connectivity index (χ4n) is 6.08. The molecule has 2 saturated heterocycles. The zero-order valence-corrected chi connectivity index (χ0v) is 22.9. The maximum absolute atomic E-state index is 13.7. The van der Waals surface area contributed by atoms with Gasteiger partial charge in [-0.2, -0.15) is 18.3 Å². The zero-order chi connectivity index (χ0) is 28.8. The number of piperidine rings is 1. The molecule has 41 heavy (non-hydrogen) atoms. The highest BCUT2D eigenvalue weighted by molar-refractivity contribution is 5.96. The third-order valence-electron chi connectivity index (χ3n) is 8.79. The molecule has 3 aromatic rings. The maximum Gasteiger partial charge on any atom is 0.416 e. The van der Waals surface area contributed by atoms with Crippen molar-refractivity contribution < 1.29 is 22.8 Å². The number of alkyl halides is 3. The van der Waals surface area contributed by atoms with E-state index in [9.17, 15) is 22.8 Å². The molecule has 3 aliphatic rings. The topological polar surface area (TPSA) is 83.4 Å². The minimum Gasteiger partial charge on any atom is -0.338 e. The number of halogens is 3. The Hall–Kier alpha value is -3.89. The van der Waals surface area contributed by atoms with Crippen LogP contribution in [0.4, 0.5) is 23.7 Å². The average Bonchev–Trinajstić information content (AvgIpc) is 3.36. The molecule has 2 aromatic heterocycles. The summed E-state index contributed by atoms with van der Waals surface area (Å²) in [7, 11) is 0. The van der Waals surface area contributed by atoms with Crippen LogP contribution in [-0.2, 0) is 11.6 Å². The summed E-state index contributed by atoms with van der Waals surface area (Å²) in [6, 6.07) is 8.15. The lowest BCUT2D eigenvalue weighted by Crippen LogP contribution is -2.42. The van der Waals surface area contributed by atoms with Gasteiger partial charge in [0.1, 0.15) is 0 Å². The first-order valence-corrected chi connectivity index (χ1v) is 14.1. The van der Waals surface area contributed by atoms with Crippen LogP contribution in [0.5, 0.6) is 0 Å². The van der Waals surface area contributed by atoms with Crippen molar-refractivity contribution in [3.63, 3.8) is 0 Å². The quantitative estimate of drug-likeness (QED) is 0.420. The number of nitrogens with zero attached hydrogens (tertiary/aromatic N) is 5. The minimum absolute atomic E-state index is 0.0270. The number of anilines is 1. The lowest BCUT2D eigenvalue weighted by molar-refractivity contribution is -0.137. The van der Waals surface area contributed by atoms with Gasteiger partial charge in [-0.15, -0.1) is 0 Å². The number of carbonyl (C=O) groups is 2. The van der Waals surface area contributed by atoms with Crippen LogP contribution in [0, 0.1) is 0 Å². The minimum atomic E-state index is -4.42. The van der Waals surface area contributed by atoms with Crippen molar-refractivity contribution in [1.82, 2.24) is 24.6 Å². The van der Waals surface area contributed by atoms with E-state index < -0.39 is 11.7 Å². The van der Waals surface area contributed by atoms with Crippen LogP contribution in [0.3, 0.4) is 0 Å². The third-order valence-corrected chi connectivity index (χ3v) is 8.79. The molecule has 1 N–H and O–H groups in total. The van der Waals surface area contributed by atoms with Crippen LogP contribution >= 0.6 is 0 Å². The second-order valence-electron chi connectivity index (χ2n) is 11.7. The summed E-state index contributed by atoms with van der Waals surface area (Å²) < 4.78 is 40.5. The molecular weight excluding hydrogens is 533 g/mol. The fourth-order valence-corrected chi connectivity index (χ4v) is 6.08. The van der Waals surface area contributed by atoms with E-state index in [1.807, 2.05) is 21.8 Å². The van der Waals surface area contributed by atoms with Gasteiger partial charge in [0.05, 0.1) is 29.1 Å². The smallest absolute Gasteiger partial charge is 0.338 e. The Morgan fingerprint density at radius 3 is 2.32 bits per heavy atom. The van der Waals surface area contributed by atoms with E-state index in [4.69, 9.17) is 5.10 Å². The summed E-state index contributed by atoms with van der Waals surface area (Å²) >= 11 is 0. The summed E-state index contributed by atoms with van der Waals surface area (Å²) in [6.07, 6.45) is 5.20. The van der Waals surface area contributed by atoms with Crippen LogP contribution in [0.25, 0.3) is 0 Å². The number of likely N-dealkylation sites (tertiary alicyclic amines) is 2. The van der Waals surface area contributed by atoms with Crippen molar-refractivity contribution in [2.45, 2.75) is 62.6 Å². The SMILES string of the molecule is CC1(c2c(C(=O)N3CCC(c4cccnc4)C3)cnn2C2CCN(C(=O)Nc3ccc(C(F)(F)F)cc3)CC2)CC1. The van der Waals surface area contributed by atoms with E-state index in [2.05, 4.69) is 23.3 Å². The molecule has 4 heterocycles. The normalized spacial score (nSPS) is 20.7. The molecule has 0 spiro atoms. The molecule has 1 saturated carbocycles. The molecule has 0 bridgehead atoms. The van der Waals surface area contributed by atoms with Crippen LogP contribution < -0.4 is 5.32 Å². The summed E-state index contributed by atoms with van der Waals surface area (Å²) in [6.45, 7) is 4.52. The van der Waals surface area contributed by atoms with E-state index in [-0.39, 0.29) is 29.3 Å². The van der Waals surface area contributed by atoms with Gasteiger partial charge in [-0.3, -0.25) is 14.5 Å². The monoisotopic (exact) mass is 566 g/mol. The van der Waals surface area contributed by atoms with E-state index in [1.54, 1.807) is 17.3 Å². The first-order valence-electron chi connectivity index (χ1n) is 14.1. The van der Waals surface area contributed by atoms with Gasteiger partial charge in [0.15, 0.2) is 0 Å². The maximum atomic E-state index is 13.7. The lowest BCUT2D eigenvalue weighted by Gasteiger charge is -2.33. The van der Waals surface area contributed by atoms with Gasteiger partial charge >= 0.3 is 12.2 Å². The third kappa shape index (κ3) is 5.54.